The number of benzene rings is 1. The van der Waals surface area contributed by atoms with E-state index in [2.05, 4.69) is 23.1 Å². The van der Waals surface area contributed by atoms with Gasteiger partial charge in [-0.2, -0.15) is 0 Å². The number of nitrogens with zero attached hydrogens (tertiary/aromatic N) is 2. The van der Waals surface area contributed by atoms with E-state index in [1.54, 1.807) is 6.92 Å². The van der Waals surface area contributed by atoms with Crippen LogP contribution in [0.25, 0.3) is 10.9 Å². The number of hydrogen-bond donors (Lipinski definition) is 0. The summed E-state index contributed by atoms with van der Waals surface area (Å²) in [6.45, 7) is 3.88. The summed E-state index contributed by atoms with van der Waals surface area (Å²) >= 11 is 0. The molecule has 2 heterocycles. The average molecular weight is 256 g/mol. The average Bonchev–Trinajstić information content (AvgIpc) is 2.78. The number of para-hydroxylation sites is 1. The number of piperidine rings is 1. The first-order chi connectivity index (χ1) is 9.18. The number of hydrogen-bond acceptors (Lipinski definition) is 2. The van der Waals surface area contributed by atoms with Gasteiger partial charge in [0.15, 0.2) is 5.78 Å². The van der Waals surface area contributed by atoms with Crippen LogP contribution in [-0.4, -0.2) is 23.4 Å². The lowest BCUT2D eigenvalue weighted by molar-refractivity contribution is 0.101. The maximum absolute atomic E-state index is 11.7. The third kappa shape index (κ3) is 2.03. The van der Waals surface area contributed by atoms with Crippen molar-refractivity contribution in [2.45, 2.75) is 26.2 Å². The summed E-state index contributed by atoms with van der Waals surface area (Å²) in [6, 6.07) is 8.37. The number of ketones is 1. The third-order valence-corrected chi connectivity index (χ3v) is 4.09. The van der Waals surface area contributed by atoms with E-state index in [0.29, 0.717) is 0 Å². The van der Waals surface area contributed by atoms with E-state index >= 15 is 0 Å². The molecule has 3 nitrogen and oxygen atoms in total. The number of aryl methyl sites for hydroxylation is 1. The minimum atomic E-state index is 0.128. The van der Waals surface area contributed by atoms with Crippen LogP contribution in [0, 0.1) is 0 Å². The molecule has 2 aromatic rings. The van der Waals surface area contributed by atoms with Crippen LogP contribution in [0.1, 0.15) is 36.7 Å². The monoisotopic (exact) mass is 256 g/mol. The van der Waals surface area contributed by atoms with Gasteiger partial charge in [0, 0.05) is 32.4 Å². The minimum absolute atomic E-state index is 0.128. The highest BCUT2D eigenvalue weighted by Gasteiger charge is 2.17. The second-order valence-electron chi connectivity index (χ2n) is 5.41. The van der Waals surface area contributed by atoms with Gasteiger partial charge in [0.25, 0.3) is 0 Å². The summed E-state index contributed by atoms with van der Waals surface area (Å²) in [4.78, 5) is 14.1. The molecule has 0 bridgehead atoms. The van der Waals surface area contributed by atoms with Crippen LogP contribution >= 0.6 is 0 Å². The van der Waals surface area contributed by atoms with Gasteiger partial charge in [0.1, 0.15) is 0 Å². The normalized spacial score (nSPS) is 16.0. The van der Waals surface area contributed by atoms with E-state index in [0.717, 1.165) is 24.2 Å². The highest BCUT2D eigenvalue weighted by molar-refractivity contribution is 6.02. The van der Waals surface area contributed by atoms with Crippen molar-refractivity contribution in [3.05, 3.63) is 30.0 Å². The van der Waals surface area contributed by atoms with E-state index in [4.69, 9.17) is 0 Å². The van der Waals surface area contributed by atoms with Gasteiger partial charge in [-0.05, 0) is 31.4 Å². The van der Waals surface area contributed by atoms with Crippen molar-refractivity contribution in [1.29, 1.82) is 0 Å². The molecule has 19 heavy (non-hydrogen) atoms. The fourth-order valence-corrected chi connectivity index (χ4v) is 3.12. The molecule has 1 saturated heterocycles. The van der Waals surface area contributed by atoms with Gasteiger partial charge in [-0.15, -0.1) is 0 Å². The first-order valence-corrected chi connectivity index (χ1v) is 7.03. The van der Waals surface area contributed by atoms with Crippen molar-refractivity contribution in [3.63, 3.8) is 0 Å². The van der Waals surface area contributed by atoms with Gasteiger partial charge in [0.2, 0.25) is 0 Å². The number of carbonyl (C=O) groups is 1. The van der Waals surface area contributed by atoms with Crippen molar-refractivity contribution in [2.24, 2.45) is 7.05 Å². The molecule has 0 radical (unpaired) electrons. The predicted octanol–water partition coefficient (Wildman–Crippen LogP) is 3.37. The van der Waals surface area contributed by atoms with Gasteiger partial charge >= 0.3 is 0 Å². The van der Waals surface area contributed by atoms with Gasteiger partial charge in [-0.1, -0.05) is 12.1 Å². The van der Waals surface area contributed by atoms with Crippen LogP contribution in [0.15, 0.2) is 24.3 Å². The Labute approximate surface area is 113 Å². The van der Waals surface area contributed by atoms with Gasteiger partial charge < -0.3 is 9.47 Å². The van der Waals surface area contributed by atoms with E-state index in [1.807, 2.05) is 17.7 Å². The van der Waals surface area contributed by atoms with Crippen LogP contribution in [-0.2, 0) is 7.05 Å². The largest absolute Gasteiger partial charge is 0.370 e. The van der Waals surface area contributed by atoms with Gasteiger partial charge in [-0.25, -0.2) is 0 Å². The smallest absolute Gasteiger partial charge is 0.176 e. The molecule has 1 aromatic carbocycles. The van der Waals surface area contributed by atoms with Crippen LogP contribution in [0.4, 0.5) is 5.69 Å². The molecular formula is C16H20N2O. The molecule has 100 valence electrons. The highest BCUT2D eigenvalue weighted by Crippen LogP contribution is 2.31. The topological polar surface area (TPSA) is 25.2 Å². The molecule has 0 aliphatic carbocycles. The molecule has 1 aliphatic heterocycles. The molecular weight excluding hydrogens is 236 g/mol. The Morgan fingerprint density at radius 1 is 1.16 bits per heavy atom. The maximum Gasteiger partial charge on any atom is 0.176 e. The minimum Gasteiger partial charge on any atom is -0.370 e. The van der Waals surface area contributed by atoms with E-state index in [1.165, 1.54) is 30.5 Å². The molecule has 0 unspecified atom stereocenters. The Balaban J connectivity index is 2.16. The van der Waals surface area contributed by atoms with Crippen molar-refractivity contribution < 1.29 is 4.79 Å². The number of fused-ring (bicyclic) bond motifs is 1. The zero-order valence-electron chi connectivity index (χ0n) is 11.6. The Bertz CT molecular complexity index is 621. The summed E-state index contributed by atoms with van der Waals surface area (Å²) < 4.78 is 2.04. The second-order valence-corrected chi connectivity index (χ2v) is 5.41. The Kier molecular flexibility index (Phi) is 3.05. The standard InChI is InChI=1S/C16H20N2O/c1-12(19)15-11-13-7-6-8-14(16(13)17(15)2)18-9-4-3-5-10-18/h6-8,11H,3-5,9-10H2,1-2H3. The summed E-state index contributed by atoms with van der Waals surface area (Å²) in [5.74, 6) is 0.128. The molecule has 0 spiro atoms. The maximum atomic E-state index is 11.7. The van der Waals surface area contributed by atoms with E-state index < -0.39 is 0 Å². The lowest BCUT2D eigenvalue weighted by Gasteiger charge is -2.29. The molecule has 0 N–H and O–H groups in total. The molecule has 1 aromatic heterocycles. The van der Waals surface area contributed by atoms with E-state index in [-0.39, 0.29) is 5.78 Å². The van der Waals surface area contributed by atoms with Crippen LogP contribution in [0.2, 0.25) is 0 Å². The Morgan fingerprint density at radius 3 is 2.58 bits per heavy atom. The molecule has 0 saturated carbocycles. The van der Waals surface area contributed by atoms with Crippen LogP contribution in [0.5, 0.6) is 0 Å². The molecule has 1 aliphatic rings. The Morgan fingerprint density at radius 2 is 1.89 bits per heavy atom. The second kappa shape index (κ2) is 4.72. The Hall–Kier alpha value is -1.77. The zero-order valence-corrected chi connectivity index (χ0v) is 11.6. The first-order valence-electron chi connectivity index (χ1n) is 7.03. The van der Waals surface area contributed by atoms with Crippen molar-refractivity contribution in [3.8, 4) is 0 Å². The number of rotatable bonds is 2. The quantitative estimate of drug-likeness (QED) is 0.770. The summed E-state index contributed by atoms with van der Waals surface area (Å²) in [7, 11) is 1.99. The number of anilines is 1. The van der Waals surface area contributed by atoms with E-state index in [9.17, 15) is 4.79 Å². The first kappa shape index (κ1) is 12.3. The zero-order chi connectivity index (χ0) is 13.4. The van der Waals surface area contributed by atoms with Crippen molar-refractivity contribution in [1.82, 2.24) is 4.57 Å². The highest BCUT2D eigenvalue weighted by atomic mass is 16.1. The van der Waals surface area contributed by atoms with Gasteiger partial charge in [-0.3, -0.25) is 4.79 Å². The molecule has 3 rings (SSSR count). The molecule has 0 amide bonds. The third-order valence-electron chi connectivity index (χ3n) is 4.09. The summed E-state index contributed by atoms with van der Waals surface area (Å²) in [5.41, 5.74) is 3.25. The van der Waals surface area contributed by atoms with Gasteiger partial charge in [0.05, 0.1) is 16.9 Å². The fourth-order valence-electron chi connectivity index (χ4n) is 3.12. The SMILES string of the molecule is CC(=O)c1cc2cccc(N3CCCCC3)c2n1C. The summed E-state index contributed by atoms with van der Waals surface area (Å²) in [6.07, 6.45) is 3.86. The number of Topliss-reactive ketones (excluding diaryl/α,β-unsaturated/α-hetero) is 1. The van der Waals surface area contributed by atoms with Crippen molar-refractivity contribution in [2.75, 3.05) is 18.0 Å². The lowest BCUT2D eigenvalue weighted by Crippen LogP contribution is -2.29. The lowest BCUT2D eigenvalue weighted by atomic mass is 10.1. The van der Waals surface area contributed by atoms with Crippen LogP contribution < -0.4 is 4.90 Å². The summed E-state index contributed by atoms with van der Waals surface area (Å²) in [5, 5.41) is 1.16. The molecule has 0 atom stereocenters. The van der Waals surface area contributed by atoms with Crippen LogP contribution in [0.3, 0.4) is 0 Å². The molecule has 3 heteroatoms. The number of aromatic nitrogens is 1. The molecule has 1 fully saturated rings. The number of carbonyl (C=O) groups excluding carboxylic acids is 1. The van der Waals surface area contributed by atoms with Crippen molar-refractivity contribution >= 4 is 22.4 Å². The fraction of sp³-hybridized carbons (Fsp3) is 0.438. The predicted molar refractivity (Wildman–Crippen MR) is 79.0 cm³/mol.